The number of hydrogen-bond donors (Lipinski definition) is 0. The van der Waals surface area contributed by atoms with Gasteiger partial charge in [-0.25, -0.2) is 0 Å². The Morgan fingerprint density at radius 1 is 1.29 bits per heavy atom. The topological polar surface area (TPSA) is 12.9 Å². The van der Waals surface area contributed by atoms with Crippen LogP contribution in [-0.4, -0.2) is 4.98 Å². The fraction of sp³-hybridized carbons (Fsp3) is 0.250. The molecular formula is C12H12ClN. The van der Waals surface area contributed by atoms with Crippen molar-refractivity contribution in [2.45, 2.75) is 18.7 Å². The maximum atomic E-state index is 6.23. The van der Waals surface area contributed by atoms with E-state index in [-0.39, 0.29) is 5.38 Å². The molecule has 0 N–H and O–H groups in total. The molecule has 2 rings (SSSR count). The molecule has 0 aliphatic carbocycles. The number of halogens is 1. The van der Waals surface area contributed by atoms with Crippen LogP contribution in [0.1, 0.15) is 24.3 Å². The van der Waals surface area contributed by atoms with Crippen LogP contribution in [0.2, 0.25) is 0 Å². The monoisotopic (exact) mass is 205 g/mol. The fourth-order valence-electron chi connectivity index (χ4n) is 1.60. The number of pyridine rings is 1. The average molecular weight is 206 g/mol. The predicted molar refractivity (Wildman–Crippen MR) is 60.6 cm³/mol. The summed E-state index contributed by atoms with van der Waals surface area (Å²) in [5.74, 6) is 0. The molecule has 0 amide bonds. The van der Waals surface area contributed by atoms with Crippen LogP contribution in [-0.2, 0) is 0 Å². The zero-order chi connectivity index (χ0) is 9.97. The summed E-state index contributed by atoms with van der Waals surface area (Å²) < 4.78 is 0. The minimum absolute atomic E-state index is 0.0635. The molecule has 1 heterocycles. The molecule has 1 unspecified atom stereocenters. The summed E-state index contributed by atoms with van der Waals surface area (Å²) >= 11 is 6.23. The molecule has 1 atom stereocenters. The lowest BCUT2D eigenvalue weighted by molar-refractivity contribution is 0.888. The molecule has 0 saturated carbocycles. The lowest BCUT2D eigenvalue weighted by Crippen LogP contribution is -1.91. The third-order valence-electron chi connectivity index (χ3n) is 2.36. The summed E-state index contributed by atoms with van der Waals surface area (Å²) in [6.07, 6.45) is 2.74. The van der Waals surface area contributed by atoms with Crippen LogP contribution in [0.3, 0.4) is 0 Å². The van der Waals surface area contributed by atoms with Gasteiger partial charge in [0.15, 0.2) is 0 Å². The molecule has 0 spiro atoms. The third kappa shape index (κ3) is 1.60. The van der Waals surface area contributed by atoms with Crippen molar-refractivity contribution < 1.29 is 0 Å². The number of aromatic nitrogens is 1. The van der Waals surface area contributed by atoms with Crippen molar-refractivity contribution in [2.75, 3.05) is 0 Å². The highest BCUT2D eigenvalue weighted by atomic mass is 35.5. The molecule has 0 aliphatic heterocycles. The summed E-state index contributed by atoms with van der Waals surface area (Å²) in [7, 11) is 0. The molecular weight excluding hydrogens is 194 g/mol. The third-order valence-corrected chi connectivity index (χ3v) is 2.90. The van der Waals surface area contributed by atoms with Gasteiger partial charge >= 0.3 is 0 Å². The Morgan fingerprint density at radius 2 is 2.07 bits per heavy atom. The normalized spacial score (nSPS) is 13.0. The van der Waals surface area contributed by atoms with E-state index in [4.69, 9.17) is 11.6 Å². The van der Waals surface area contributed by atoms with Crippen molar-refractivity contribution in [1.82, 2.24) is 4.98 Å². The van der Waals surface area contributed by atoms with Crippen LogP contribution in [0.15, 0.2) is 36.5 Å². The van der Waals surface area contributed by atoms with Crippen LogP contribution in [0.4, 0.5) is 0 Å². The van der Waals surface area contributed by atoms with Gasteiger partial charge in [0.25, 0.3) is 0 Å². The van der Waals surface area contributed by atoms with E-state index < -0.39 is 0 Å². The van der Waals surface area contributed by atoms with E-state index in [9.17, 15) is 0 Å². The second-order valence-electron chi connectivity index (χ2n) is 3.30. The van der Waals surface area contributed by atoms with E-state index >= 15 is 0 Å². The van der Waals surface area contributed by atoms with Gasteiger partial charge in [-0.1, -0.05) is 31.2 Å². The summed E-state index contributed by atoms with van der Waals surface area (Å²) in [6, 6.07) is 10.2. The maximum absolute atomic E-state index is 6.23. The van der Waals surface area contributed by atoms with Crippen molar-refractivity contribution in [3.63, 3.8) is 0 Å². The van der Waals surface area contributed by atoms with Crippen molar-refractivity contribution in [2.24, 2.45) is 0 Å². The fourth-order valence-corrected chi connectivity index (χ4v) is 1.78. The van der Waals surface area contributed by atoms with Crippen molar-refractivity contribution in [3.05, 3.63) is 42.1 Å². The van der Waals surface area contributed by atoms with Gasteiger partial charge in [0, 0.05) is 11.6 Å². The molecule has 1 aromatic carbocycles. The highest BCUT2D eigenvalue weighted by molar-refractivity contribution is 6.21. The summed E-state index contributed by atoms with van der Waals surface area (Å²) in [5, 5.41) is 1.22. The number of fused-ring (bicyclic) bond motifs is 1. The minimum atomic E-state index is 0.0635. The Labute approximate surface area is 88.7 Å². The number of benzene rings is 1. The number of rotatable bonds is 2. The van der Waals surface area contributed by atoms with Crippen LogP contribution in [0, 0.1) is 0 Å². The van der Waals surface area contributed by atoms with E-state index in [0.29, 0.717) is 0 Å². The molecule has 0 fully saturated rings. The Balaban J connectivity index is 2.65. The number of para-hydroxylation sites is 1. The Kier molecular flexibility index (Phi) is 2.69. The van der Waals surface area contributed by atoms with E-state index in [2.05, 4.69) is 30.1 Å². The lowest BCUT2D eigenvalue weighted by atomic mass is 10.1. The first-order valence-electron chi connectivity index (χ1n) is 4.80. The van der Waals surface area contributed by atoms with Crippen LogP contribution in [0.25, 0.3) is 10.9 Å². The van der Waals surface area contributed by atoms with Crippen LogP contribution >= 0.6 is 11.6 Å². The summed E-state index contributed by atoms with van der Waals surface area (Å²) in [5.41, 5.74) is 2.16. The molecule has 2 heteroatoms. The SMILES string of the molecule is CCC(Cl)c1cccc2cccnc12. The summed E-state index contributed by atoms with van der Waals surface area (Å²) in [6.45, 7) is 2.08. The number of hydrogen-bond acceptors (Lipinski definition) is 1. The van der Waals surface area contributed by atoms with Gasteiger partial charge in [-0.3, -0.25) is 4.98 Å². The Morgan fingerprint density at radius 3 is 2.86 bits per heavy atom. The highest BCUT2D eigenvalue weighted by Gasteiger charge is 2.09. The average Bonchev–Trinajstić information content (AvgIpc) is 2.27. The van der Waals surface area contributed by atoms with Gasteiger partial charge < -0.3 is 0 Å². The molecule has 72 valence electrons. The zero-order valence-electron chi connectivity index (χ0n) is 8.07. The number of alkyl halides is 1. The van der Waals surface area contributed by atoms with Crippen LogP contribution < -0.4 is 0 Å². The van der Waals surface area contributed by atoms with Gasteiger partial charge in [0.05, 0.1) is 10.9 Å². The molecule has 0 aliphatic rings. The molecule has 14 heavy (non-hydrogen) atoms. The van der Waals surface area contributed by atoms with E-state index in [1.807, 2.05) is 18.3 Å². The molecule has 2 aromatic rings. The van der Waals surface area contributed by atoms with Gasteiger partial charge in [0.1, 0.15) is 0 Å². The van der Waals surface area contributed by atoms with Crippen LogP contribution in [0.5, 0.6) is 0 Å². The van der Waals surface area contributed by atoms with Gasteiger partial charge in [-0.2, -0.15) is 0 Å². The molecule has 0 radical (unpaired) electrons. The second-order valence-corrected chi connectivity index (χ2v) is 3.82. The van der Waals surface area contributed by atoms with Crippen molar-refractivity contribution in [3.8, 4) is 0 Å². The smallest absolute Gasteiger partial charge is 0.0748 e. The van der Waals surface area contributed by atoms with Crippen molar-refractivity contribution >= 4 is 22.5 Å². The standard InChI is InChI=1S/C12H12ClN/c1-2-11(13)10-7-3-5-9-6-4-8-14-12(9)10/h3-8,11H,2H2,1H3. The molecule has 0 saturated heterocycles. The van der Waals surface area contributed by atoms with Crippen molar-refractivity contribution in [1.29, 1.82) is 0 Å². The largest absolute Gasteiger partial charge is 0.256 e. The van der Waals surface area contributed by atoms with E-state index in [1.165, 1.54) is 0 Å². The lowest BCUT2D eigenvalue weighted by Gasteiger charge is -2.09. The van der Waals surface area contributed by atoms with Gasteiger partial charge in [0.2, 0.25) is 0 Å². The first kappa shape index (κ1) is 9.47. The van der Waals surface area contributed by atoms with E-state index in [1.54, 1.807) is 0 Å². The highest BCUT2D eigenvalue weighted by Crippen LogP contribution is 2.28. The van der Waals surface area contributed by atoms with Gasteiger partial charge in [-0.05, 0) is 18.1 Å². The van der Waals surface area contributed by atoms with E-state index in [0.717, 1.165) is 22.9 Å². The predicted octanol–water partition coefficient (Wildman–Crippen LogP) is 3.92. The molecule has 1 aromatic heterocycles. The first-order valence-corrected chi connectivity index (χ1v) is 5.24. The van der Waals surface area contributed by atoms with Gasteiger partial charge in [-0.15, -0.1) is 11.6 Å². The molecule has 0 bridgehead atoms. The maximum Gasteiger partial charge on any atom is 0.0748 e. The minimum Gasteiger partial charge on any atom is -0.256 e. The second kappa shape index (κ2) is 3.97. The first-order chi connectivity index (χ1) is 6.83. The molecule has 1 nitrogen and oxygen atoms in total. The Bertz CT molecular complexity index is 434. The number of nitrogens with zero attached hydrogens (tertiary/aromatic N) is 1. The Hall–Kier alpha value is -1.08. The zero-order valence-corrected chi connectivity index (χ0v) is 8.83. The summed E-state index contributed by atoms with van der Waals surface area (Å²) in [4.78, 5) is 4.37. The quantitative estimate of drug-likeness (QED) is 0.678.